The van der Waals surface area contributed by atoms with E-state index in [0.717, 1.165) is 19.0 Å². The maximum atomic E-state index is 5.70. The molecule has 1 aliphatic heterocycles. The van der Waals surface area contributed by atoms with Gasteiger partial charge in [0, 0.05) is 10.1 Å². The quantitative estimate of drug-likeness (QED) is 0.863. The minimum Gasteiger partial charge on any atom is -0.330 e. The van der Waals surface area contributed by atoms with Gasteiger partial charge in [0.15, 0.2) is 0 Å². The van der Waals surface area contributed by atoms with Crippen molar-refractivity contribution in [1.82, 2.24) is 4.90 Å². The molecule has 88 valence electrons. The predicted molar refractivity (Wildman–Crippen MR) is 76.2 cm³/mol. The lowest BCUT2D eigenvalue weighted by Crippen LogP contribution is -2.35. The first-order valence-corrected chi connectivity index (χ1v) is 7.02. The van der Waals surface area contributed by atoms with Crippen LogP contribution in [0.3, 0.4) is 0 Å². The third kappa shape index (κ3) is 3.43. The zero-order valence-electron chi connectivity index (χ0n) is 9.53. The second-order valence-electron chi connectivity index (χ2n) is 4.58. The molecule has 0 unspecified atom stereocenters. The largest absolute Gasteiger partial charge is 0.330 e. The maximum Gasteiger partial charge on any atom is 0.0233 e. The molecular weight excluding hydrogens is 311 g/mol. The van der Waals surface area contributed by atoms with Crippen molar-refractivity contribution in [1.29, 1.82) is 0 Å². The summed E-state index contributed by atoms with van der Waals surface area (Å²) in [6.07, 6.45) is 2.53. The maximum absolute atomic E-state index is 5.70. The summed E-state index contributed by atoms with van der Waals surface area (Å²) in [5.74, 6) is 0.757. The highest BCUT2D eigenvalue weighted by Crippen LogP contribution is 2.18. The molecule has 0 saturated carbocycles. The molecule has 0 amide bonds. The van der Waals surface area contributed by atoms with Gasteiger partial charge < -0.3 is 5.73 Å². The van der Waals surface area contributed by atoms with E-state index in [1.54, 1.807) is 0 Å². The van der Waals surface area contributed by atoms with Crippen LogP contribution in [0.1, 0.15) is 18.4 Å². The Morgan fingerprint density at radius 1 is 1.19 bits per heavy atom. The Bertz CT molecular complexity index is 315. The Labute approximate surface area is 111 Å². The molecule has 1 saturated heterocycles. The number of benzene rings is 1. The molecule has 0 aromatic heterocycles. The molecule has 0 atom stereocenters. The number of nitrogens with two attached hydrogens (primary N) is 1. The van der Waals surface area contributed by atoms with E-state index in [0.29, 0.717) is 0 Å². The molecule has 3 heteroatoms. The van der Waals surface area contributed by atoms with Gasteiger partial charge >= 0.3 is 0 Å². The third-order valence-electron chi connectivity index (χ3n) is 3.36. The van der Waals surface area contributed by atoms with E-state index in [2.05, 4.69) is 51.8 Å². The lowest BCUT2D eigenvalue weighted by molar-refractivity contribution is 0.180. The van der Waals surface area contributed by atoms with Crippen LogP contribution in [0.25, 0.3) is 0 Å². The Balaban J connectivity index is 1.84. The van der Waals surface area contributed by atoms with Crippen LogP contribution in [0, 0.1) is 9.49 Å². The zero-order valence-corrected chi connectivity index (χ0v) is 11.7. The number of hydrogen-bond acceptors (Lipinski definition) is 2. The SMILES string of the molecule is NCC1CCN(Cc2ccc(I)cc2)CC1. The summed E-state index contributed by atoms with van der Waals surface area (Å²) in [4.78, 5) is 2.54. The number of rotatable bonds is 3. The first-order chi connectivity index (χ1) is 7.78. The summed E-state index contributed by atoms with van der Waals surface area (Å²) in [5, 5.41) is 0. The van der Waals surface area contributed by atoms with Crippen molar-refractivity contribution >= 4 is 22.6 Å². The van der Waals surface area contributed by atoms with Crippen molar-refractivity contribution in [2.45, 2.75) is 19.4 Å². The molecule has 0 aliphatic carbocycles. The van der Waals surface area contributed by atoms with Gasteiger partial charge in [-0.1, -0.05) is 12.1 Å². The highest BCUT2D eigenvalue weighted by molar-refractivity contribution is 14.1. The van der Waals surface area contributed by atoms with E-state index in [1.807, 2.05) is 0 Å². The summed E-state index contributed by atoms with van der Waals surface area (Å²) in [5.41, 5.74) is 7.12. The minimum absolute atomic E-state index is 0.757. The number of hydrogen-bond donors (Lipinski definition) is 1. The van der Waals surface area contributed by atoms with Gasteiger partial charge in [-0.15, -0.1) is 0 Å². The van der Waals surface area contributed by atoms with Gasteiger partial charge in [-0.3, -0.25) is 4.90 Å². The van der Waals surface area contributed by atoms with E-state index >= 15 is 0 Å². The Kier molecular flexibility index (Phi) is 4.61. The number of nitrogens with zero attached hydrogens (tertiary/aromatic N) is 1. The Morgan fingerprint density at radius 3 is 2.38 bits per heavy atom. The van der Waals surface area contributed by atoms with Crippen LogP contribution < -0.4 is 5.73 Å². The molecule has 1 aromatic rings. The van der Waals surface area contributed by atoms with Crippen LogP contribution in [0.15, 0.2) is 24.3 Å². The summed E-state index contributed by atoms with van der Waals surface area (Å²) in [7, 11) is 0. The van der Waals surface area contributed by atoms with Gasteiger partial charge in [0.05, 0.1) is 0 Å². The van der Waals surface area contributed by atoms with Crippen LogP contribution in [-0.4, -0.2) is 24.5 Å². The van der Waals surface area contributed by atoms with Gasteiger partial charge in [-0.05, 0) is 78.7 Å². The molecular formula is C13H19IN2. The fraction of sp³-hybridized carbons (Fsp3) is 0.538. The van der Waals surface area contributed by atoms with Crippen molar-refractivity contribution in [3.8, 4) is 0 Å². The molecule has 0 bridgehead atoms. The monoisotopic (exact) mass is 330 g/mol. The summed E-state index contributed by atoms with van der Waals surface area (Å²) < 4.78 is 1.31. The Hall–Kier alpha value is -0.130. The van der Waals surface area contributed by atoms with Crippen LogP contribution in [0.4, 0.5) is 0 Å². The first kappa shape index (κ1) is 12.3. The van der Waals surface area contributed by atoms with Crippen molar-refractivity contribution in [3.63, 3.8) is 0 Å². The molecule has 2 rings (SSSR count). The smallest absolute Gasteiger partial charge is 0.0233 e. The normalized spacial score (nSPS) is 18.9. The van der Waals surface area contributed by atoms with Crippen LogP contribution >= 0.6 is 22.6 Å². The summed E-state index contributed by atoms with van der Waals surface area (Å²) in [6, 6.07) is 8.83. The fourth-order valence-corrected chi connectivity index (χ4v) is 2.59. The van der Waals surface area contributed by atoms with Gasteiger partial charge in [0.25, 0.3) is 0 Å². The molecule has 1 fully saturated rings. The van der Waals surface area contributed by atoms with Gasteiger partial charge in [0.1, 0.15) is 0 Å². The summed E-state index contributed by atoms with van der Waals surface area (Å²) >= 11 is 2.35. The number of piperidine rings is 1. The average Bonchev–Trinajstić information content (AvgIpc) is 2.33. The number of halogens is 1. The molecule has 0 spiro atoms. The first-order valence-electron chi connectivity index (χ1n) is 5.95. The second kappa shape index (κ2) is 5.98. The van der Waals surface area contributed by atoms with E-state index in [4.69, 9.17) is 5.73 Å². The van der Waals surface area contributed by atoms with E-state index in [-0.39, 0.29) is 0 Å². The molecule has 0 radical (unpaired) electrons. The molecule has 1 heterocycles. The topological polar surface area (TPSA) is 29.3 Å². The molecule has 2 nitrogen and oxygen atoms in total. The van der Waals surface area contributed by atoms with E-state index in [9.17, 15) is 0 Å². The lowest BCUT2D eigenvalue weighted by Gasteiger charge is -2.31. The van der Waals surface area contributed by atoms with Gasteiger partial charge in [-0.2, -0.15) is 0 Å². The zero-order chi connectivity index (χ0) is 11.4. The van der Waals surface area contributed by atoms with Crippen LogP contribution in [0.2, 0.25) is 0 Å². The average molecular weight is 330 g/mol. The number of likely N-dealkylation sites (tertiary alicyclic amines) is 1. The van der Waals surface area contributed by atoms with Gasteiger partial charge in [-0.25, -0.2) is 0 Å². The molecule has 16 heavy (non-hydrogen) atoms. The van der Waals surface area contributed by atoms with Crippen molar-refractivity contribution < 1.29 is 0 Å². The van der Waals surface area contributed by atoms with Crippen molar-refractivity contribution in [2.24, 2.45) is 11.7 Å². The fourth-order valence-electron chi connectivity index (χ4n) is 2.23. The summed E-state index contributed by atoms with van der Waals surface area (Å²) in [6.45, 7) is 4.35. The molecule has 2 N–H and O–H groups in total. The van der Waals surface area contributed by atoms with Gasteiger partial charge in [0.2, 0.25) is 0 Å². The van der Waals surface area contributed by atoms with E-state index < -0.39 is 0 Å². The second-order valence-corrected chi connectivity index (χ2v) is 5.83. The van der Waals surface area contributed by atoms with Crippen LogP contribution in [0.5, 0.6) is 0 Å². The van der Waals surface area contributed by atoms with E-state index in [1.165, 1.54) is 35.1 Å². The standard InChI is InChI=1S/C13H19IN2/c14-13-3-1-12(2-4-13)10-16-7-5-11(9-15)6-8-16/h1-4,11H,5-10,15H2. The predicted octanol–water partition coefficient (Wildman–Crippen LogP) is 2.46. The van der Waals surface area contributed by atoms with Crippen LogP contribution in [-0.2, 0) is 6.54 Å². The van der Waals surface area contributed by atoms with Crippen molar-refractivity contribution in [2.75, 3.05) is 19.6 Å². The third-order valence-corrected chi connectivity index (χ3v) is 4.08. The highest BCUT2D eigenvalue weighted by atomic mass is 127. The Morgan fingerprint density at radius 2 is 1.81 bits per heavy atom. The molecule has 1 aliphatic rings. The minimum atomic E-state index is 0.757. The molecule has 1 aromatic carbocycles. The van der Waals surface area contributed by atoms with Crippen molar-refractivity contribution in [3.05, 3.63) is 33.4 Å². The highest BCUT2D eigenvalue weighted by Gasteiger charge is 2.17. The lowest BCUT2D eigenvalue weighted by atomic mass is 9.97.